The summed E-state index contributed by atoms with van der Waals surface area (Å²) in [6.07, 6.45) is 0. The Balaban J connectivity index is 2.23. The van der Waals surface area contributed by atoms with Crippen molar-refractivity contribution in [3.63, 3.8) is 0 Å². The largest absolute Gasteiger partial charge is 0.508 e. The van der Waals surface area contributed by atoms with E-state index in [1.165, 1.54) is 0 Å². The maximum absolute atomic E-state index is 12.5. The van der Waals surface area contributed by atoms with Gasteiger partial charge in [-0.25, -0.2) is 0 Å². The second kappa shape index (κ2) is 4.98. The standard InChI is InChI=1S/C14H20N2O2/c1-9-7-16(8-10(2)15-9)14(18)12-5-4-6-13(17)11(12)3/h4-6,9-10,15,17H,7-8H2,1-3H3. The van der Waals surface area contributed by atoms with Crippen LogP contribution in [-0.4, -0.2) is 41.1 Å². The number of nitrogens with zero attached hydrogens (tertiary/aromatic N) is 1. The molecule has 0 radical (unpaired) electrons. The third-order valence-electron chi connectivity index (χ3n) is 3.38. The fourth-order valence-electron chi connectivity index (χ4n) is 2.52. The lowest BCUT2D eigenvalue weighted by molar-refractivity contribution is 0.0672. The van der Waals surface area contributed by atoms with Gasteiger partial charge in [-0.1, -0.05) is 6.07 Å². The number of aromatic hydroxyl groups is 1. The van der Waals surface area contributed by atoms with Crippen molar-refractivity contribution in [3.8, 4) is 5.75 Å². The predicted octanol–water partition coefficient (Wildman–Crippen LogP) is 1.52. The van der Waals surface area contributed by atoms with Crippen LogP contribution in [0.15, 0.2) is 18.2 Å². The fourth-order valence-corrected chi connectivity index (χ4v) is 2.52. The van der Waals surface area contributed by atoms with E-state index in [-0.39, 0.29) is 11.7 Å². The number of hydrogen-bond donors (Lipinski definition) is 2. The van der Waals surface area contributed by atoms with Crippen molar-refractivity contribution in [2.24, 2.45) is 0 Å². The molecule has 1 aliphatic rings. The van der Waals surface area contributed by atoms with Crippen LogP contribution in [0.3, 0.4) is 0 Å². The van der Waals surface area contributed by atoms with Gasteiger partial charge in [-0.2, -0.15) is 0 Å². The molecule has 1 aliphatic heterocycles. The van der Waals surface area contributed by atoms with Crippen LogP contribution < -0.4 is 5.32 Å². The number of piperazine rings is 1. The number of benzene rings is 1. The molecule has 98 valence electrons. The van der Waals surface area contributed by atoms with E-state index in [1.807, 2.05) is 4.90 Å². The van der Waals surface area contributed by atoms with Crippen molar-refractivity contribution in [2.45, 2.75) is 32.9 Å². The van der Waals surface area contributed by atoms with Crippen molar-refractivity contribution in [1.29, 1.82) is 0 Å². The molecule has 2 unspecified atom stereocenters. The van der Waals surface area contributed by atoms with E-state index in [1.54, 1.807) is 25.1 Å². The minimum absolute atomic E-state index is 0.00333. The van der Waals surface area contributed by atoms with Crippen LogP contribution in [-0.2, 0) is 0 Å². The molecular weight excluding hydrogens is 228 g/mol. The lowest BCUT2D eigenvalue weighted by Crippen LogP contribution is -2.55. The van der Waals surface area contributed by atoms with E-state index in [4.69, 9.17) is 0 Å². The van der Waals surface area contributed by atoms with Gasteiger partial charge in [-0.05, 0) is 32.9 Å². The Hall–Kier alpha value is -1.55. The molecule has 0 saturated carbocycles. The summed E-state index contributed by atoms with van der Waals surface area (Å²) in [7, 11) is 0. The van der Waals surface area contributed by atoms with E-state index in [2.05, 4.69) is 19.2 Å². The van der Waals surface area contributed by atoms with E-state index in [0.29, 0.717) is 36.3 Å². The Morgan fingerprint density at radius 2 is 1.94 bits per heavy atom. The topological polar surface area (TPSA) is 52.6 Å². The normalized spacial score (nSPS) is 24.1. The summed E-state index contributed by atoms with van der Waals surface area (Å²) in [5.41, 5.74) is 1.25. The molecule has 4 nitrogen and oxygen atoms in total. The third-order valence-corrected chi connectivity index (χ3v) is 3.38. The molecule has 1 heterocycles. The molecule has 18 heavy (non-hydrogen) atoms. The average molecular weight is 248 g/mol. The number of phenolic OH excluding ortho intramolecular Hbond substituents is 1. The minimum atomic E-state index is 0.00333. The second-order valence-electron chi connectivity index (χ2n) is 5.13. The van der Waals surface area contributed by atoms with Crippen LogP contribution in [0.4, 0.5) is 0 Å². The number of carbonyl (C=O) groups is 1. The first kappa shape index (κ1) is 12.9. The molecule has 0 aliphatic carbocycles. The fraction of sp³-hybridized carbons (Fsp3) is 0.500. The van der Waals surface area contributed by atoms with E-state index >= 15 is 0 Å². The van der Waals surface area contributed by atoms with Gasteiger partial charge in [0.1, 0.15) is 5.75 Å². The van der Waals surface area contributed by atoms with Crippen LogP contribution in [0.5, 0.6) is 5.75 Å². The molecule has 1 aromatic rings. The monoisotopic (exact) mass is 248 g/mol. The van der Waals surface area contributed by atoms with Crippen molar-refractivity contribution in [1.82, 2.24) is 10.2 Å². The maximum Gasteiger partial charge on any atom is 0.254 e. The number of carbonyl (C=O) groups excluding carboxylic acids is 1. The maximum atomic E-state index is 12.5. The Bertz CT molecular complexity index is 449. The molecule has 0 bridgehead atoms. The van der Waals surface area contributed by atoms with Gasteiger partial charge in [0.2, 0.25) is 0 Å². The highest BCUT2D eigenvalue weighted by atomic mass is 16.3. The molecule has 0 spiro atoms. The zero-order valence-corrected chi connectivity index (χ0v) is 11.1. The van der Waals surface area contributed by atoms with Crippen LogP contribution in [0, 0.1) is 6.92 Å². The van der Waals surface area contributed by atoms with Crippen LogP contribution in [0.1, 0.15) is 29.8 Å². The average Bonchev–Trinajstić information content (AvgIpc) is 2.30. The second-order valence-corrected chi connectivity index (χ2v) is 5.13. The lowest BCUT2D eigenvalue weighted by Gasteiger charge is -2.36. The highest BCUT2D eigenvalue weighted by Crippen LogP contribution is 2.21. The molecule has 2 N–H and O–H groups in total. The van der Waals surface area contributed by atoms with Gasteiger partial charge in [0.05, 0.1) is 0 Å². The Labute approximate surface area is 108 Å². The summed E-state index contributed by atoms with van der Waals surface area (Å²) in [5.74, 6) is 0.181. The van der Waals surface area contributed by atoms with Gasteiger partial charge in [0.15, 0.2) is 0 Å². The zero-order valence-electron chi connectivity index (χ0n) is 11.1. The van der Waals surface area contributed by atoms with Crippen LogP contribution in [0.25, 0.3) is 0 Å². The summed E-state index contributed by atoms with van der Waals surface area (Å²) in [6, 6.07) is 5.69. The van der Waals surface area contributed by atoms with Crippen LogP contribution in [0.2, 0.25) is 0 Å². The van der Waals surface area contributed by atoms with Crippen LogP contribution >= 0.6 is 0 Å². The number of amides is 1. The molecule has 4 heteroatoms. The Morgan fingerprint density at radius 1 is 1.33 bits per heavy atom. The molecule has 1 amide bonds. The Kier molecular flexibility index (Phi) is 3.57. The first-order chi connectivity index (χ1) is 8.49. The first-order valence-corrected chi connectivity index (χ1v) is 6.33. The summed E-state index contributed by atoms with van der Waals surface area (Å²) in [4.78, 5) is 14.3. The zero-order chi connectivity index (χ0) is 13.3. The van der Waals surface area contributed by atoms with Gasteiger partial charge >= 0.3 is 0 Å². The van der Waals surface area contributed by atoms with E-state index in [9.17, 15) is 9.90 Å². The number of nitrogens with one attached hydrogen (secondary N) is 1. The lowest BCUT2D eigenvalue weighted by atomic mass is 10.0. The summed E-state index contributed by atoms with van der Waals surface area (Å²) < 4.78 is 0. The molecule has 2 rings (SSSR count). The van der Waals surface area contributed by atoms with E-state index < -0.39 is 0 Å². The SMILES string of the molecule is Cc1c(O)cccc1C(=O)N1CC(C)NC(C)C1. The third kappa shape index (κ3) is 2.48. The van der Waals surface area contributed by atoms with Gasteiger partial charge in [-0.3, -0.25) is 4.79 Å². The van der Waals surface area contributed by atoms with Crippen molar-refractivity contribution in [3.05, 3.63) is 29.3 Å². The molecule has 1 saturated heterocycles. The molecular formula is C14H20N2O2. The summed E-state index contributed by atoms with van der Waals surface area (Å²) >= 11 is 0. The first-order valence-electron chi connectivity index (χ1n) is 6.33. The van der Waals surface area contributed by atoms with Crippen molar-refractivity contribution in [2.75, 3.05) is 13.1 Å². The van der Waals surface area contributed by atoms with E-state index in [0.717, 1.165) is 0 Å². The summed E-state index contributed by atoms with van der Waals surface area (Å²) in [6.45, 7) is 7.34. The smallest absolute Gasteiger partial charge is 0.254 e. The highest BCUT2D eigenvalue weighted by molar-refractivity contribution is 5.96. The van der Waals surface area contributed by atoms with Gasteiger partial charge in [0, 0.05) is 36.3 Å². The van der Waals surface area contributed by atoms with Crippen molar-refractivity contribution < 1.29 is 9.90 Å². The molecule has 0 aromatic heterocycles. The predicted molar refractivity (Wildman–Crippen MR) is 70.8 cm³/mol. The van der Waals surface area contributed by atoms with Crippen molar-refractivity contribution >= 4 is 5.91 Å². The van der Waals surface area contributed by atoms with Gasteiger partial charge < -0.3 is 15.3 Å². The molecule has 1 aromatic carbocycles. The Morgan fingerprint density at radius 3 is 2.56 bits per heavy atom. The highest BCUT2D eigenvalue weighted by Gasteiger charge is 2.26. The number of rotatable bonds is 1. The molecule has 2 atom stereocenters. The molecule has 1 fully saturated rings. The van der Waals surface area contributed by atoms with Gasteiger partial charge in [0.25, 0.3) is 5.91 Å². The number of hydrogen-bond acceptors (Lipinski definition) is 3. The summed E-state index contributed by atoms with van der Waals surface area (Å²) in [5, 5.41) is 13.1. The minimum Gasteiger partial charge on any atom is -0.508 e. The van der Waals surface area contributed by atoms with Gasteiger partial charge in [-0.15, -0.1) is 0 Å². The number of phenols is 1. The quantitative estimate of drug-likeness (QED) is 0.792.